The number of piperazine rings is 1. The molecule has 9 nitrogen and oxygen atoms in total. The van der Waals surface area contributed by atoms with E-state index in [0.29, 0.717) is 31.9 Å². The van der Waals surface area contributed by atoms with Crippen molar-refractivity contribution in [1.82, 2.24) is 30.1 Å². The fourth-order valence-corrected chi connectivity index (χ4v) is 2.85. The maximum atomic E-state index is 12.6. The number of benzene rings is 1. The molecule has 1 aliphatic heterocycles. The summed E-state index contributed by atoms with van der Waals surface area (Å²) in [6, 6.07) is 11.1. The van der Waals surface area contributed by atoms with Crippen LogP contribution >= 0.6 is 0 Å². The van der Waals surface area contributed by atoms with Crippen molar-refractivity contribution in [3.8, 4) is 11.3 Å². The summed E-state index contributed by atoms with van der Waals surface area (Å²) >= 11 is 0. The van der Waals surface area contributed by atoms with E-state index in [9.17, 15) is 9.59 Å². The molecule has 0 saturated carbocycles. The van der Waals surface area contributed by atoms with Gasteiger partial charge in [0.1, 0.15) is 6.33 Å². The van der Waals surface area contributed by atoms with Crippen molar-refractivity contribution in [1.29, 1.82) is 0 Å². The first kappa shape index (κ1) is 16.0. The Balaban J connectivity index is 1.40. The number of hydrogen-bond acceptors (Lipinski definition) is 6. The Kier molecular flexibility index (Phi) is 4.18. The van der Waals surface area contributed by atoms with Crippen LogP contribution in [-0.4, -0.2) is 68.1 Å². The smallest absolute Gasteiger partial charge is 0.291 e. The Morgan fingerprint density at radius 1 is 1.00 bits per heavy atom. The van der Waals surface area contributed by atoms with Crippen molar-refractivity contribution in [2.24, 2.45) is 0 Å². The molecule has 1 aliphatic rings. The average molecular weight is 352 g/mol. The van der Waals surface area contributed by atoms with Crippen LogP contribution in [0.5, 0.6) is 0 Å². The molecule has 1 aromatic carbocycles. The van der Waals surface area contributed by atoms with Gasteiger partial charge in [0.2, 0.25) is 5.82 Å². The van der Waals surface area contributed by atoms with E-state index in [2.05, 4.69) is 20.3 Å². The molecule has 9 heteroatoms. The maximum absolute atomic E-state index is 12.6. The van der Waals surface area contributed by atoms with Crippen LogP contribution in [0.3, 0.4) is 0 Å². The van der Waals surface area contributed by atoms with Crippen molar-refractivity contribution >= 4 is 11.8 Å². The van der Waals surface area contributed by atoms with E-state index in [1.54, 1.807) is 15.9 Å². The van der Waals surface area contributed by atoms with Gasteiger partial charge in [-0.15, -0.1) is 0 Å². The normalized spacial score (nSPS) is 14.5. The second-order valence-corrected chi connectivity index (χ2v) is 5.86. The molecule has 1 fully saturated rings. The number of aromatic amines is 1. The Morgan fingerprint density at radius 3 is 2.35 bits per heavy atom. The highest BCUT2D eigenvalue weighted by molar-refractivity contribution is 5.94. The molecule has 0 unspecified atom stereocenters. The molecule has 0 radical (unpaired) electrons. The largest absolute Gasteiger partial charge is 0.355 e. The van der Waals surface area contributed by atoms with E-state index in [1.807, 2.05) is 30.3 Å². The molecule has 4 rings (SSSR count). The van der Waals surface area contributed by atoms with Gasteiger partial charge in [-0.2, -0.15) is 5.10 Å². The highest BCUT2D eigenvalue weighted by atomic mass is 16.5. The first-order valence-electron chi connectivity index (χ1n) is 8.18. The minimum absolute atomic E-state index is 0.203. The van der Waals surface area contributed by atoms with Crippen molar-refractivity contribution in [3.05, 3.63) is 54.2 Å². The Morgan fingerprint density at radius 2 is 1.69 bits per heavy atom. The molecular formula is C17H16N6O3. The van der Waals surface area contributed by atoms with E-state index in [-0.39, 0.29) is 23.3 Å². The summed E-state index contributed by atoms with van der Waals surface area (Å²) in [5.41, 5.74) is 1.13. The van der Waals surface area contributed by atoms with E-state index in [4.69, 9.17) is 4.52 Å². The molecule has 0 aliphatic carbocycles. The molecule has 2 amide bonds. The number of carbonyl (C=O) groups excluding carboxylic acids is 2. The number of nitrogens with zero attached hydrogens (tertiary/aromatic N) is 5. The monoisotopic (exact) mass is 352 g/mol. The summed E-state index contributed by atoms with van der Waals surface area (Å²) in [5, 5.41) is 10.1. The lowest BCUT2D eigenvalue weighted by atomic mass is 10.1. The summed E-state index contributed by atoms with van der Waals surface area (Å²) in [4.78, 5) is 32.0. The molecule has 0 bridgehead atoms. The van der Waals surface area contributed by atoms with Crippen LogP contribution in [0.2, 0.25) is 0 Å². The lowest BCUT2D eigenvalue weighted by molar-refractivity contribution is 0.0523. The quantitative estimate of drug-likeness (QED) is 0.755. The zero-order chi connectivity index (χ0) is 17.9. The predicted octanol–water partition coefficient (Wildman–Crippen LogP) is 1.06. The lowest BCUT2D eigenvalue weighted by Gasteiger charge is -2.33. The molecule has 0 spiro atoms. The van der Waals surface area contributed by atoms with Crippen LogP contribution < -0.4 is 0 Å². The maximum Gasteiger partial charge on any atom is 0.291 e. The standard InChI is InChI=1S/C17H16N6O3/c24-16(13-10-14(26-21-13)12-4-2-1-3-5-12)22-6-8-23(9-7-22)17(25)15-18-11-19-20-15/h1-5,10-11H,6-9H2,(H,18,19,20). The molecule has 132 valence electrons. The lowest BCUT2D eigenvalue weighted by Crippen LogP contribution is -2.50. The Hall–Kier alpha value is -3.49. The molecule has 1 N–H and O–H groups in total. The predicted molar refractivity (Wildman–Crippen MR) is 90.1 cm³/mol. The van der Waals surface area contributed by atoms with Crippen LogP contribution in [0.15, 0.2) is 47.2 Å². The first-order valence-corrected chi connectivity index (χ1v) is 8.18. The van der Waals surface area contributed by atoms with Gasteiger partial charge in [-0.3, -0.25) is 14.7 Å². The summed E-state index contributed by atoms with van der Waals surface area (Å²) < 4.78 is 5.29. The van der Waals surface area contributed by atoms with Gasteiger partial charge in [0.05, 0.1) is 0 Å². The van der Waals surface area contributed by atoms with E-state index in [1.165, 1.54) is 6.33 Å². The fourth-order valence-electron chi connectivity index (χ4n) is 2.85. The van der Waals surface area contributed by atoms with Crippen molar-refractivity contribution in [2.75, 3.05) is 26.2 Å². The molecule has 1 saturated heterocycles. The van der Waals surface area contributed by atoms with Gasteiger partial charge in [-0.05, 0) is 0 Å². The third kappa shape index (κ3) is 3.06. The molecule has 3 aromatic rings. The Labute approximate surface area is 148 Å². The zero-order valence-electron chi connectivity index (χ0n) is 13.8. The molecule has 2 aromatic heterocycles. The fraction of sp³-hybridized carbons (Fsp3) is 0.235. The van der Waals surface area contributed by atoms with Gasteiger partial charge >= 0.3 is 0 Å². The van der Waals surface area contributed by atoms with Gasteiger partial charge < -0.3 is 14.3 Å². The first-order chi connectivity index (χ1) is 12.7. The third-order valence-electron chi connectivity index (χ3n) is 4.26. The van der Waals surface area contributed by atoms with Gasteiger partial charge in [0, 0.05) is 37.8 Å². The van der Waals surface area contributed by atoms with Gasteiger partial charge in [0.25, 0.3) is 11.8 Å². The highest BCUT2D eigenvalue weighted by Crippen LogP contribution is 2.20. The van der Waals surface area contributed by atoms with Crippen LogP contribution in [0.25, 0.3) is 11.3 Å². The van der Waals surface area contributed by atoms with Crippen molar-refractivity contribution in [3.63, 3.8) is 0 Å². The summed E-state index contributed by atoms with van der Waals surface area (Å²) in [6.45, 7) is 1.70. The molecular weight excluding hydrogens is 336 g/mol. The summed E-state index contributed by atoms with van der Waals surface area (Å²) in [5.74, 6) is 0.326. The van der Waals surface area contributed by atoms with Crippen LogP contribution in [0.4, 0.5) is 0 Å². The SMILES string of the molecule is O=C(c1cc(-c2ccccc2)on1)N1CCN(C(=O)c2ncn[nH]2)CC1. The van der Waals surface area contributed by atoms with Gasteiger partial charge in [0.15, 0.2) is 11.5 Å². The third-order valence-corrected chi connectivity index (χ3v) is 4.26. The zero-order valence-corrected chi connectivity index (χ0v) is 13.8. The second-order valence-electron chi connectivity index (χ2n) is 5.86. The van der Waals surface area contributed by atoms with Gasteiger partial charge in [-0.1, -0.05) is 35.5 Å². The number of aromatic nitrogens is 4. The van der Waals surface area contributed by atoms with Crippen LogP contribution in [0, 0.1) is 0 Å². The van der Waals surface area contributed by atoms with E-state index in [0.717, 1.165) is 5.56 Å². The minimum atomic E-state index is -0.220. The minimum Gasteiger partial charge on any atom is -0.355 e. The number of carbonyl (C=O) groups is 2. The molecule has 26 heavy (non-hydrogen) atoms. The highest BCUT2D eigenvalue weighted by Gasteiger charge is 2.28. The number of hydrogen-bond donors (Lipinski definition) is 1. The molecule has 0 atom stereocenters. The van der Waals surface area contributed by atoms with Gasteiger partial charge in [-0.25, -0.2) is 4.98 Å². The topological polar surface area (TPSA) is 108 Å². The second kappa shape index (κ2) is 6.79. The van der Waals surface area contributed by atoms with E-state index >= 15 is 0 Å². The average Bonchev–Trinajstić information content (AvgIpc) is 3.40. The Bertz CT molecular complexity index is 898. The molecule has 3 heterocycles. The number of H-pyrrole nitrogens is 1. The summed E-state index contributed by atoms with van der Waals surface area (Å²) in [6.07, 6.45) is 1.29. The van der Waals surface area contributed by atoms with Crippen molar-refractivity contribution in [2.45, 2.75) is 0 Å². The van der Waals surface area contributed by atoms with Crippen LogP contribution in [-0.2, 0) is 0 Å². The van der Waals surface area contributed by atoms with E-state index < -0.39 is 0 Å². The van der Waals surface area contributed by atoms with Crippen LogP contribution in [0.1, 0.15) is 21.1 Å². The number of nitrogens with one attached hydrogen (secondary N) is 1. The number of rotatable bonds is 3. The number of amides is 2. The van der Waals surface area contributed by atoms with Crippen molar-refractivity contribution < 1.29 is 14.1 Å². The summed E-state index contributed by atoms with van der Waals surface area (Å²) in [7, 11) is 0.